The largest absolute Gasteiger partial charge is 0.442 e. The molecule has 0 aliphatic rings. The number of anilines is 1. The maximum absolute atomic E-state index is 13.2. The Balaban J connectivity index is 1.90. The Morgan fingerprint density at radius 3 is 2.64 bits per heavy atom. The lowest BCUT2D eigenvalue weighted by molar-refractivity contribution is -0.137. The van der Waals surface area contributed by atoms with E-state index >= 15 is 0 Å². The molecule has 0 saturated carbocycles. The van der Waals surface area contributed by atoms with Crippen molar-refractivity contribution in [1.82, 2.24) is 9.72 Å². The number of hydrogen-bond donors (Lipinski definition) is 1. The molecule has 1 N–H and O–H groups in total. The SMILES string of the molecule is Cc1ccccc1-c1noc(=O)n1CC(=O)Nc1ccc(Cl)cc1C(F)(F)F. The molecule has 0 bridgehead atoms. The van der Waals surface area contributed by atoms with E-state index in [0.29, 0.717) is 11.6 Å². The Labute approximate surface area is 161 Å². The number of nitrogens with zero attached hydrogens (tertiary/aromatic N) is 2. The first-order valence-electron chi connectivity index (χ1n) is 7.96. The molecule has 0 atom stereocenters. The second-order valence-corrected chi connectivity index (χ2v) is 6.35. The van der Waals surface area contributed by atoms with E-state index < -0.39 is 35.6 Å². The highest BCUT2D eigenvalue weighted by Gasteiger charge is 2.34. The van der Waals surface area contributed by atoms with Gasteiger partial charge in [0, 0.05) is 10.6 Å². The quantitative estimate of drug-likeness (QED) is 0.700. The smallest absolute Gasteiger partial charge is 0.324 e. The molecule has 0 fully saturated rings. The van der Waals surface area contributed by atoms with Crippen LogP contribution in [0.1, 0.15) is 11.1 Å². The third kappa shape index (κ3) is 4.09. The van der Waals surface area contributed by atoms with Crippen molar-refractivity contribution in [1.29, 1.82) is 0 Å². The van der Waals surface area contributed by atoms with Gasteiger partial charge >= 0.3 is 11.9 Å². The van der Waals surface area contributed by atoms with Crippen LogP contribution in [0.25, 0.3) is 11.4 Å². The number of carbonyl (C=O) groups is 1. The second-order valence-electron chi connectivity index (χ2n) is 5.91. The molecule has 1 aromatic heterocycles. The Morgan fingerprint density at radius 2 is 1.96 bits per heavy atom. The van der Waals surface area contributed by atoms with Crippen molar-refractivity contribution in [2.45, 2.75) is 19.6 Å². The number of rotatable bonds is 4. The van der Waals surface area contributed by atoms with Crippen LogP contribution in [0, 0.1) is 6.92 Å². The third-order valence-electron chi connectivity index (χ3n) is 3.94. The molecule has 0 aliphatic heterocycles. The van der Waals surface area contributed by atoms with Crippen LogP contribution in [0.4, 0.5) is 18.9 Å². The van der Waals surface area contributed by atoms with E-state index in [0.717, 1.165) is 16.2 Å². The minimum absolute atomic E-state index is 0.102. The fraction of sp³-hybridized carbons (Fsp3) is 0.167. The van der Waals surface area contributed by atoms with Crippen molar-refractivity contribution in [3.63, 3.8) is 0 Å². The average Bonchev–Trinajstić information content (AvgIpc) is 2.96. The summed E-state index contributed by atoms with van der Waals surface area (Å²) in [5.74, 6) is -1.65. The number of aryl methyl sites for hydroxylation is 1. The fourth-order valence-corrected chi connectivity index (χ4v) is 2.79. The van der Waals surface area contributed by atoms with Gasteiger partial charge in [-0.25, -0.2) is 9.36 Å². The Morgan fingerprint density at radius 1 is 1.25 bits per heavy atom. The zero-order valence-corrected chi connectivity index (χ0v) is 15.1. The van der Waals surface area contributed by atoms with Gasteiger partial charge in [-0.2, -0.15) is 13.2 Å². The lowest BCUT2D eigenvalue weighted by atomic mass is 10.1. The van der Waals surface area contributed by atoms with E-state index in [2.05, 4.69) is 15.0 Å². The molecule has 3 aromatic rings. The molecule has 1 heterocycles. The van der Waals surface area contributed by atoms with Gasteiger partial charge in [-0.05, 0) is 30.7 Å². The van der Waals surface area contributed by atoms with E-state index in [1.165, 1.54) is 6.07 Å². The average molecular weight is 412 g/mol. The summed E-state index contributed by atoms with van der Waals surface area (Å²) in [6.07, 6.45) is -4.71. The number of amides is 1. The van der Waals surface area contributed by atoms with Crippen LogP contribution in [-0.4, -0.2) is 15.6 Å². The van der Waals surface area contributed by atoms with E-state index in [4.69, 9.17) is 11.6 Å². The van der Waals surface area contributed by atoms with Crippen molar-refractivity contribution in [2.24, 2.45) is 0 Å². The Kier molecular flexibility index (Phi) is 5.28. The van der Waals surface area contributed by atoms with Crippen LogP contribution in [0.5, 0.6) is 0 Å². The van der Waals surface area contributed by atoms with Crippen molar-refractivity contribution >= 4 is 23.2 Å². The molecule has 28 heavy (non-hydrogen) atoms. The summed E-state index contributed by atoms with van der Waals surface area (Å²) in [7, 11) is 0. The summed E-state index contributed by atoms with van der Waals surface area (Å²) < 4.78 is 45.1. The fourth-order valence-electron chi connectivity index (χ4n) is 2.62. The maximum atomic E-state index is 13.2. The van der Waals surface area contributed by atoms with Crippen LogP contribution >= 0.6 is 11.6 Å². The van der Waals surface area contributed by atoms with E-state index in [9.17, 15) is 22.8 Å². The first-order valence-corrected chi connectivity index (χ1v) is 8.33. The van der Waals surface area contributed by atoms with Crippen molar-refractivity contribution in [3.05, 3.63) is 69.2 Å². The monoisotopic (exact) mass is 411 g/mol. The normalized spacial score (nSPS) is 11.5. The zero-order chi connectivity index (χ0) is 20.5. The summed E-state index contributed by atoms with van der Waals surface area (Å²) in [5.41, 5.74) is -0.223. The van der Waals surface area contributed by atoms with Gasteiger partial charge in [0.25, 0.3) is 0 Å². The molecule has 0 unspecified atom stereocenters. The predicted octanol–water partition coefficient (Wildman–Crippen LogP) is 4.12. The molecular weight excluding hydrogens is 399 g/mol. The number of benzene rings is 2. The van der Waals surface area contributed by atoms with E-state index in [1.807, 2.05) is 0 Å². The summed E-state index contributed by atoms with van der Waals surface area (Å²) in [4.78, 5) is 24.3. The van der Waals surface area contributed by atoms with Gasteiger partial charge in [0.15, 0.2) is 5.82 Å². The summed E-state index contributed by atoms with van der Waals surface area (Å²) in [5, 5.41) is 5.71. The van der Waals surface area contributed by atoms with Crippen molar-refractivity contribution in [3.8, 4) is 11.4 Å². The first-order chi connectivity index (χ1) is 13.2. The lowest BCUT2D eigenvalue weighted by Gasteiger charge is -2.14. The molecule has 0 saturated heterocycles. The van der Waals surface area contributed by atoms with Crippen molar-refractivity contribution in [2.75, 3.05) is 5.32 Å². The number of hydrogen-bond acceptors (Lipinski definition) is 4. The molecule has 3 rings (SSSR count). The Bertz CT molecular complexity index is 1090. The van der Waals surface area contributed by atoms with Crippen LogP contribution < -0.4 is 11.1 Å². The zero-order valence-electron chi connectivity index (χ0n) is 14.4. The topological polar surface area (TPSA) is 77.1 Å². The molecule has 6 nitrogen and oxygen atoms in total. The van der Waals surface area contributed by atoms with Crippen LogP contribution in [0.15, 0.2) is 51.8 Å². The summed E-state index contributed by atoms with van der Waals surface area (Å²) in [6, 6.07) is 9.94. The van der Waals surface area contributed by atoms with Crippen LogP contribution in [0.3, 0.4) is 0 Å². The molecule has 0 spiro atoms. The molecule has 1 amide bonds. The summed E-state index contributed by atoms with van der Waals surface area (Å²) >= 11 is 5.62. The third-order valence-corrected chi connectivity index (χ3v) is 4.17. The van der Waals surface area contributed by atoms with Gasteiger partial charge in [0.2, 0.25) is 5.91 Å². The van der Waals surface area contributed by atoms with E-state index in [-0.39, 0.29) is 10.8 Å². The maximum Gasteiger partial charge on any atom is 0.442 e. The lowest BCUT2D eigenvalue weighted by Crippen LogP contribution is -2.26. The molecule has 146 valence electrons. The van der Waals surface area contributed by atoms with Gasteiger partial charge in [-0.1, -0.05) is 41.0 Å². The highest BCUT2D eigenvalue weighted by atomic mass is 35.5. The molecule has 0 radical (unpaired) electrons. The predicted molar refractivity (Wildman–Crippen MR) is 96.0 cm³/mol. The van der Waals surface area contributed by atoms with E-state index in [1.54, 1.807) is 31.2 Å². The molecule has 0 aliphatic carbocycles. The van der Waals surface area contributed by atoms with Crippen LogP contribution in [0.2, 0.25) is 5.02 Å². The van der Waals surface area contributed by atoms with Gasteiger partial charge in [-0.15, -0.1) is 0 Å². The molecule has 2 aromatic carbocycles. The number of alkyl halides is 3. The number of carbonyl (C=O) groups excluding carboxylic acids is 1. The number of aromatic nitrogens is 2. The Hall–Kier alpha value is -3.07. The second kappa shape index (κ2) is 7.51. The van der Waals surface area contributed by atoms with Crippen molar-refractivity contribution < 1.29 is 22.5 Å². The molecular formula is C18H13ClF3N3O3. The van der Waals surface area contributed by atoms with Gasteiger partial charge in [0.05, 0.1) is 11.3 Å². The summed E-state index contributed by atoms with van der Waals surface area (Å²) in [6.45, 7) is 1.20. The standard InChI is InChI=1S/C18H13ClF3N3O3/c1-10-4-2-3-5-12(10)16-24-28-17(27)25(16)9-15(26)23-14-7-6-11(19)8-13(14)18(20,21)22/h2-8H,9H2,1H3,(H,23,26). The first kappa shape index (κ1) is 19.7. The highest BCUT2D eigenvalue weighted by molar-refractivity contribution is 6.30. The molecule has 10 heteroatoms. The minimum atomic E-state index is -4.71. The highest BCUT2D eigenvalue weighted by Crippen LogP contribution is 2.36. The van der Waals surface area contributed by atoms with Crippen LogP contribution in [-0.2, 0) is 17.5 Å². The number of nitrogens with one attached hydrogen (secondary N) is 1. The minimum Gasteiger partial charge on any atom is -0.324 e. The van der Waals surface area contributed by atoms with Gasteiger partial charge < -0.3 is 5.32 Å². The van der Waals surface area contributed by atoms with Gasteiger partial charge in [-0.3, -0.25) is 9.32 Å². The number of halogens is 4. The van der Waals surface area contributed by atoms with Gasteiger partial charge in [0.1, 0.15) is 6.54 Å².